The van der Waals surface area contributed by atoms with E-state index < -0.39 is 0 Å². The molecule has 0 amide bonds. The maximum absolute atomic E-state index is 5.82. The van der Waals surface area contributed by atoms with Crippen LogP contribution in [0, 0.1) is 0 Å². The highest BCUT2D eigenvalue weighted by molar-refractivity contribution is 7.80. The van der Waals surface area contributed by atoms with Gasteiger partial charge in [-0.1, -0.05) is 36.5 Å². The van der Waals surface area contributed by atoms with E-state index in [1.807, 2.05) is 36.4 Å². The number of hydrogen-bond acceptors (Lipinski definition) is 2. The number of rotatable bonds is 1. The second-order valence-corrected chi connectivity index (χ2v) is 3.59. The van der Waals surface area contributed by atoms with Gasteiger partial charge in [0.2, 0.25) is 0 Å². The minimum atomic E-state index is 0.341. The molecule has 4 N–H and O–H groups in total. The van der Waals surface area contributed by atoms with Crippen LogP contribution < -0.4 is 11.5 Å². The second kappa shape index (κ2) is 3.27. The Hall–Kier alpha value is -1.61. The minimum absolute atomic E-state index is 0.341. The first-order chi connectivity index (χ1) is 6.68. The highest BCUT2D eigenvalue weighted by Crippen LogP contribution is 2.21. The number of nitrogens with two attached hydrogens (primary N) is 2. The number of benzene rings is 2. The highest BCUT2D eigenvalue weighted by Gasteiger charge is 2.03. The summed E-state index contributed by atoms with van der Waals surface area (Å²) in [7, 11) is 0. The van der Waals surface area contributed by atoms with Crippen molar-refractivity contribution in [2.45, 2.75) is 0 Å². The lowest BCUT2D eigenvalue weighted by Crippen LogP contribution is -2.11. The lowest BCUT2D eigenvalue weighted by Gasteiger charge is -2.05. The molecule has 70 valence electrons. The Kier molecular flexibility index (Phi) is 2.09. The van der Waals surface area contributed by atoms with Crippen LogP contribution in [0.5, 0.6) is 0 Å². The van der Waals surface area contributed by atoms with Crippen LogP contribution in [0.3, 0.4) is 0 Å². The number of fused-ring (bicyclic) bond motifs is 1. The van der Waals surface area contributed by atoms with Crippen molar-refractivity contribution < 1.29 is 0 Å². The Morgan fingerprint density at radius 3 is 2.21 bits per heavy atom. The third-order valence-corrected chi connectivity index (χ3v) is 2.40. The summed E-state index contributed by atoms with van der Waals surface area (Å²) in [6.45, 7) is 0. The Morgan fingerprint density at radius 1 is 1.07 bits per heavy atom. The van der Waals surface area contributed by atoms with Crippen LogP contribution in [0.4, 0.5) is 5.69 Å². The molecule has 0 fully saturated rings. The normalized spacial score (nSPS) is 10.3. The van der Waals surface area contributed by atoms with Crippen LogP contribution in [0.2, 0.25) is 0 Å². The van der Waals surface area contributed by atoms with Gasteiger partial charge >= 0.3 is 0 Å². The third kappa shape index (κ3) is 1.42. The summed E-state index contributed by atoms with van der Waals surface area (Å²) in [5.41, 5.74) is 12.8. The molecule has 0 spiro atoms. The first kappa shape index (κ1) is 8.97. The third-order valence-electron chi connectivity index (χ3n) is 2.18. The Morgan fingerprint density at radius 2 is 1.64 bits per heavy atom. The molecule has 2 aromatic carbocycles. The van der Waals surface area contributed by atoms with Crippen molar-refractivity contribution in [3.05, 3.63) is 42.0 Å². The van der Waals surface area contributed by atoms with Crippen molar-refractivity contribution in [3.63, 3.8) is 0 Å². The monoisotopic (exact) mass is 202 g/mol. The van der Waals surface area contributed by atoms with Crippen molar-refractivity contribution in [2.75, 3.05) is 5.73 Å². The van der Waals surface area contributed by atoms with Crippen LogP contribution in [0.1, 0.15) is 5.56 Å². The topological polar surface area (TPSA) is 52.0 Å². The van der Waals surface area contributed by atoms with Crippen molar-refractivity contribution in [1.82, 2.24) is 0 Å². The van der Waals surface area contributed by atoms with Crippen LogP contribution in [-0.4, -0.2) is 4.99 Å². The molecule has 0 aliphatic rings. The molecule has 3 heteroatoms. The minimum Gasteiger partial charge on any atom is -0.398 e. The van der Waals surface area contributed by atoms with Gasteiger partial charge in [0.15, 0.2) is 0 Å². The van der Waals surface area contributed by atoms with E-state index in [0.29, 0.717) is 10.7 Å². The average molecular weight is 202 g/mol. The summed E-state index contributed by atoms with van der Waals surface area (Å²) in [6, 6.07) is 11.8. The van der Waals surface area contributed by atoms with Crippen molar-refractivity contribution in [1.29, 1.82) is 0 Å². The van der Waals surface area contributed by atoms with Gasteiger partial charge in [-0.2, -0.15) is 0 Å². The standard InChI is InChI=1S/C11H10N2S/c12-10-6-8-4-2-1-3-7(8)5-9(10)11(13)14/h1-6H,12H2,(H2,13,14). The molecule has 2 rings (SSSR count). The van der Waals surface area contributed by atoms with E-state index in [4.69, 9.17) is 23.7 Å². The van der Waals surface area contributed by atoms with Crippen molar-refractivity contribution >= 4 is 33.7 Å². The van der Waals surface area contributed by atoms with E-state index in [-0.39, 0.29) is 0 Å². The van der Waals surface area contributed by atoms with Gasteiger partial charge in [-0.15, -0.1) is 0 Å². The maximum Gasteiger partial charge on any atom is 0.106 e. The number of nitrogen functional groups attached to an aromatic ring is 1. The number of thiocarbonyl (C=S) groups is 1. The molecule has 0 aromatic heterocycles. The van der Waals surface area contributed by atoms with Gasteiger partial charge in [0.05, 0.1) is 0 Å². The summed E-state index contributed by atoms with van der Waals surface area (Å²) >= 11 is 4.91. The largest absolute Gasteiger partial charge is 0.398 e. The summed E-state index contributed by atoms with van der Waals surface area (Å²) in [4.78, 5) is 0.341. The van der Waals surface area contributed by atoms with E-state index in [0.717, 1.165) is 16.3 Å². The molecule has 0 unspecified atom stereocenters. The lowest BCUT2D eigenvalue weighted by molar-refractivity contribution is 1.65. The fourth-order valence-electron chi connectivity index (χ4n) is 1.47. The predicted molar refractivity (Wildman–Crippen MR) is 64.2 cm³/mol. The molecule has 0 aliphatic carbocycles. The van der Waals surface area contributed by atoms with Gasteiger partial charge in [-0.25, -0.2) is 0 Å². The van der Waals surface area contributed by atoms with E-state index in [2.05, 4.69) is 0 Å². The van der Waals surface area contributed by atoms with Crippen molar-refractivity contribution in [2.24, 2.45) is 5.73 Å². The zero-order valence-electron chi connectivity index (χ0n) is 7.53. The Bertz CT molecular complexity index is 506. The molecule has 0 radical (unpaired) electrons. The lowest BCUT2D eigenvalue weighted by atomic mass is 10.1. The molecule has 14 heavy (non-hydrogen) atoms. The maximum atomic E-state index is 5.82. The zero-order valence-corrected chi connectivity index (χ0v) is 8.34. The molecule has 0 saturated carbocycles. The van der Waals surface area contributed by atoms with Crippen LogP contribution in [-0.2, 0) is 0 Å². The van der Waals surface area contributed by atoms with Gasteiger partial charge in [-0.05, 0) is 22.9 Å². The van der Waals surface area contributed by atoms with Crippen LogP contribution in [0.15, 0.2) is 36.4 Å². The van der Waals surface area contributed by atoms with Gasteiger partial charge in [-0.3, -0.25) is 0 Å². The summed E-state index contributed by atoms with van der Waals surface area (Å²) in [5.74, 6) is 0. The molecule has 2 nitrogen and oxygen atoms in total. The second-order valence-electron chi connectivity index (χ2n) is 3.15. The first-order valence-corrected chi connectivity index (χ1v) is 4.67. The highest BCUT2D eigenvalue weighted by atomic mass is 32.1. The summed E-state index contributed by atoms with van der Waals surface area (Å²) < 4.78 is 0. The molecule has 0 atom stereocenters. The van der Waals surface area contributed by atoms with E-state index in [9.17, 15) is 0 Å². The van der Waals surface area contributed by atoms with E-state index >= 15 is 0 Å². The zero-order chi connectivity index (χ0) is 10.1. The van der Waals surface area contributed by atoms with Gasteiger partial charge in [0.1, 0.15) is 4.99 Å². The first-order valence-electron chi connectivity index (χ1n) is 4.26. The Labute approximate surface area is 87.5 Å². The summed E-state index contributed by atoms with van der Waals surface area (Å²) in [5, 5.41) is 2.20. The average Bonchev–Trinajstić information content (AvgIpc) is 2.16. The molecule has 2 aromatic rings. The van der Waals surface area contributed by atoms with E-state index in [1.54, 1.807) is 0 Å². The summed E-state index contributed by atoms with van der Waals surface area (Å²) in [6.07, 6.45) is 0. The van der Waals surface area contributed by atoms with E-state index in [1.165, 1.54) is 0 Å². The predicted octanol–water partition coefficient (Wildman–Crippen LogP) is 2.06. The molecule has 0 aliphatic heterocycles. The molecular weight excluding hydrogens is 192 g/mol. The van der Waals surface area contributed by atoms with Gasteiger partial charge in [0, 0.05) is 11.3 Å². The Balaban J connectivity index is 2.77. The number of anilines is 1. The van der Waals surface area contributed by atoms with Crippen LogP contribution >= 0.6 is 12.2 Å². The van der Waals surface area contributed by atoms with Crippen molar-refractivity contribution in [3.8, 4) is 0 Å². The van der Waals surface area contributed by atoms with Gasteiger partial charge < -0.3 is 11.5 Å². The fraction of sp³-hybridized carbons (Fsp3) is 0. The molecule has 0 heterocycles. The van der Waals surface area contributed by atoms with Gasteiger partial charge in [0.25, 0.3) is 0 Å². The number of hydrogen-bond donors (Lipinski definition) is 2. The quantitative estimate of drug-likeness (QED) is 0.549. The molecule has 0 saturated heterocycles. The SMILES string of the molecule is NC(=S)c1cc2ccccc2cc1N. The smallest absolute Gasteiger partial charge is 0.106 e. The fourth-order valence-corrected chi connectivity index (χ4v) is 1.65. The molecule has 0 bridgehead atoms. The van der Waals surface area contributed by atoms with Crippen LogP contribution in [0.25, 0.3) is 10.8 Å². The molecular formula is C11H10N2S.